The van der Waals surface area contributed by atoms with Crippen molar-refractivity contribution in [3.8, 4) is 5.75 Å². The van der Waals surface area contributed by atoms with Crippen LogP contribution in [0.1, 0.15) is 45.1 Å². The first kappa shape index (κ1) is 12.4. The van der Waals surface area contributed by atoms with Gasteiger partial charge in [0.15, 0.2) is 0 Å². The molecule has 17 heavy (non-hydrogen) atoms. The smallest absolute Gasteiger partial charge is 0.123 e. The zero-order valence-electron chi connectivity index (χ0n) is 11.1. The summed E-state index contributed by atoms with van der Waals surface area (Å²) >= 11 is 0. The highest BCUT2D eigenvalue weighted by molar-refractivity contribution is 5.36. The summed E-state index contributed by atoms with van der Waals surface area (Å²) in [7, 11) is 0. The van der Waals surface area contributed by atoms with Crippen LogP contribution in [0.25, 0.3) is 0 Å². The van der Waals surface area contributed by atoms with Gasteiger partial charge in [0.05, 0.1) is 0 Å². The van der Waals surface area contributed by atoms with Crippen molar-refractivity contribution in [2.45, 2.75) is 45.1 Å². The summed E-state index contributed by atoms with van der Waals surface area (Å²) in [6.07, 6.45) is 2.33. The minimum absolute atomic E-state index is 0.0523. The zero-order valence-corrected chi connectivity index (χ0v) is 11.1. The highest BCUT2D eigenvalue weighted by Crippen LogP contribution is 2.31. The summed E-state index contributed by atoms with van der Waals surface area (Å²) in [5, 5.41) is 3.42. The molecule has 1 atom stereocenters. The second kappa shape index (κ2) is 5.09. The Kier molecular flexibility index (Phi) is 3.72. The number of benzene rings is 1. The quantitative estimate of drug-likeness (QED) is 0.864. The number of para-hydroxylation sites is 1. The van der Waals surface area contributed by atoms with Gasteiger partial charge in [0, 0.05) is 6.54 Å². The molecule has 1 saturated heterocycles. The third kappa shape index (κ3) is 3.01. The van der Waals surface area contributed by atoms with Crippen LogP contribution >= 0.6 is 0 Å². The molecular formula is C15H23NO. The first-order valence-electron chi connectivity index (χ1n) is 6.59. The molecule has 94 valence electrons. The van der Waals surface area contributed by atoms with Gasteiger partial charge in [-0.1, -0.05) is 32.0 Å². The first-order chi connectivity index (χ1) is 8.11. The molecule has 1 aromatic rings. The molecule has 1 aromatic carbocycles. The Bertz CT molecular complexity index is 367. The van der Waals surface area contributed by atoms with Gasteiger partial charge < -0.3 is 10.1 Å². The van der Waals surface area contributed by atoms with E-state index in [1.54, 1.807) is 0 Å². The van der Waals surface area contributed by atoms with Crippen LogP contribution in [0.5, 0.6) is 5.75 Å². The van der Waals surface area contributed by atoms with Crippen LogP contribution in [0.2, 0.25) is 0 Å². The van der Waals surface area contributed by atoms with Crippen molar-refractivity contribution in [3.05, 3.63) is 29.8 Å². The van der Waals surface area contributed by atoms with Gasteiger partial charge in [-0.3, -0.25) is 0 Å². The zero-order chi connectivity index (χ0) is 12.3. The van der Waals surface area contributed by atoms with Crippen LogP contribution in [0, 0.1) is 0 Å². The van der Waals surface area contributed by atoms with Gasteiger partial charge in [0.25, 0.3) is 0 Å². The Balaban J connectivity index is 2.17. The lowest BCUT2D eigenvalue weighted by Crippen LogP contribution is -2.47. The normalized spacial score (nSPS) is 24.9. The predicted molar refractivity (Wildman–Crippen MR) is 71.7 cm³/mol. The topological polar surface area (TPSA) is 21.3 Å². The van der Waals surface area contributed by atoms with E-state index in [1.807, 2.05) is 0 Å². The van der Waals surface area contributed by atoms with E-state index in [9.17, 15) is 0 Å². The molecule has 1 heterocycles. The van der Waals surface area contributed by atoms with Crippen molar-refractivity contribution >= 4 is 0 Å². The minimum Gasteiger partial charge on any atom is -0.486 e. The number of nitrogens with one attached hydrogen (secondary N) is 1. The van der Waals surface area contributed by atoms with Gasteiger partial charge >= 0.3 is 0 Å². The van der Waals surface area contributed by atoms with Crippen molar-refractivity contribution < 1.29 is 4.74 Å². The fraction of sp³-hybridized carbons (Fsp3) is 0.600. The van der Waals surface area contributed by atoms with Crippen molar-refractivity contribution in [1.82, 2.24) is 5.32 Å². The standard InChI is InChI=1S/C15H23NO/c1-12(2)13-7-4-5-8-14(13)17-15(3)9-6-10-16-11-15/h4-5,7-8,12,16H,6,9-11H2,1-3H3. The molecule has 1 N–H and O–H groups in total. The molecule has 1 fully saturated rings. The van der Waals surface area contributed by atoms with Gasteiger partial charge in [0.1, 0.15) is 11.4 Å². The molecule has 0 spiro atoms. The molecule has 0 bridgehead atoms. The van der Waals surface area contributed by atoms with Crippen LogP contribution in [0.3, 0.4) is 0 Å². The number of ether oxygens (including phenoxy) is 1. The Labute approximate surface area is 104 Å². The Morgan fingerprint density at radius 3 is 2.71 bits per heavy atom. The molecular weight excluding hydrogens is 210 g/mol. The SMILES string of the molecule is CC(C)c1ccccc1OC1(C)CCCNC1. The summed E-state index contributed by atoms with van der Waals surface area (Å²) in [6, 6.07) is 8.40. The molecule has 0 amide bonds. The minimum atomic E-state index is -0.0523. The van der Waals surface area contributed by atoms with Gasteiger partial charge in [-0.25, -0.2) is 0 Å². The van der Waals surface area contributed by atoms with E-state index in [4.69, 9.17) is 4.74 Å². The van der Waals surface area contributed by atoms with Crippen molar-refractivity contribution in [2.24, 2.45) is 0 Å². The summed E-state index contributed by atoms with van der Waals surface area (Å²) in [5.41, 5.74) is 1.25. The number of hydrogen-bond donors (Lipinski definition) is 1. The monoisotopic (exact) mass is 233 g/mol. The van der Waals surface area contributed by atoms with Gasteiger partial charge in [-0.05, 0) is 43.9 Å². The van der Waals surface area contributed by atoms with Gasteiger partial charge in [-0.15, -0.1) is 0 Å². The second-order valence-corrected chi connectivity index (χ2v) is 5.52. The van der Waals surface area contributed by atoms with Crippen LogP contribution in [0.4, 0.5) is 0 Å². The first-order valence-corrected chi connectivity index (χ1v) is 6.59. The summed E-state index contributed by atoms with van der Waals surface area (Å²) < 4.78 is 6.27. The van der Waals surface area contributed by atoms with Gasteiger partial charge in [-0.2, -0.15) is 0 Å². The highest BCUT2D eigenvalue weighted by atomic mass is 16.5. The maximum Gasteiger partial charge on any atom is 0.123 e. The molecule has 1 aliphatic heterocycles. The van der Waals surface area contributed by atoms with Crippen LogP contribution in [0.15, 0.2) is 24.3 Å². The third-order valence-electron chi connectivity index (χ3n) is 3.46. The Morgan fingerprint density at radius 2 is 2.06 bits per heavy atom. The Hall–Kier alpha value is -1.02. The predicted octanol–water partition coefficient (Wildman–Crippen LogP) is 3.33. The lowest BCUT2D eigenvalue weighted by molar-refractivity contribution is 0.0602. The van der Waals surface area contributed by atoms with Crippen molar-refractivity contribution in [3.63, 3.8) is 0 Å². The molecule has 0 aromatic heterocycles. The maximum atomic E-state index is 6.27. The van der Waals surface area contributed by atoms with Crippen molar-refractivity contribution in [2.75, 3.05) is 13.1 Å². The van der Waals surface area contributed by atoms with Crippen molar-refractivity contribution in [1.29, 1.82) is 0 Å². The number of rotatable bonds is 3. The molecule has 2 heteroatoms. The van der Waals surface area contributed by atoms with E-state index in [2.05, 4.69) is 50.4 Å². The van der Waals surface area contributed by atoms with E-state index in [-0.39, 0.29) is 5.60 Å². The number of piperidine rings is 1. The molecule has 1 aliphatic rings. The molecule has 0 radical (unpaired) electrons. The largest absolute Gasteiger partial charge is 0.486 e. The van der Waals surface area contributed by atoms with E-state index in [0.717, 1.165) is 25.3 Å². The highest BCUT2D eigenvalue weighted by Gasteiger charge is 2.29. The van der Waals surface area contributed by atoms with Crippen LogP contribution < -0.4 is 10.1 Å². The van der Waals surface area contributed by atoms with Crippen LogP contribution in [-0.2, 0) is 0 Å². The third-order valence-corrected chi connectivity index (χ3v) is 3.46. The average molecular weight is 233 g/mol. The van der Waals surface area contributed by atoms with E-state index in [1.165, 1.54) is 12.0 Å². The molecule has 0 saturated carbocycles. The van der Waals surface area contributed by atoms with E-state index in [0.29, 0.717) is 5.92 Å². The second-order valence-electron chi connectivity index (χ2n) is 5.52. The van der Waals surface area contributed by atoms with Gasteiger partial charge in [0.2, 0.25) is 0 Å². The summed E-state index contributed by atoms with van der Waals surface area (Å²) in [5.74, 6) is 1.56. The summed E-state index contributed by atoms with van der Waals surface area (Å²) in [6.45, 7) is 8.69. The molecule has 1 unspecified atom stereocenters. The lowest BCUT2D eigenvalue weighted by atomic mass is 9.95. The fourth-order valence-corrected chi connectivity index (χ4v) is 2.43. The van der Waals surface area contributed by atoms with E-state index < -0.39 is 0 Å². The lowest BCUT2D eigenvalue weighted by Gasteiger charge is -2.35. The van der Waals surface area contributed by atoms with E-state index >= 15 is 0 Å². The maximum absolute atomic E-state index is 6.27. The Morgan fingerprint density at radius 1 is 1.29 bits per heavy atom. The fourth-order valence-electron chi connectivity index (χ4n) is 2.43. The molecule has 2 nitrogen and oxygen atoms in total. The molecule has 0 aliphatic carbocycles. The van der Waals surface area contributed by atoms with Crippen LogP contribution in [-0.4, -0.2) is 18.7 Å². The molecule has 2 rings (SSSR count). The number of hydrogen-bond acceptors (Lipinski definition) is 2. The average Bonchev–Trinajstić information content (AvgIpc) is 2.29. The summed E-state index contributed by atoms with van der Waals surface area (Å²) in [4.78, 5) is 0.